The number of hydrogen-bond donors (Lipinski definition) is 0. The Kier molecular flexibility index (Phi) is 4.12. The minimum absolute atomic E-state index is 0.0350. The molecule has 0 spiro atoms. The van der Waals surface area contributed by atoms with Crippen molar-refractivity contribution in [3.63, 3.8) is 0 Å². The molecule has 0 N–H and O–H groups in total. The highest BCUT2D eigenvalue weighted by Gasteiger charge is 2.28. The Morgan fingerprint density at radius 1 is 1.14 bits per heavy atom. The van der Waals surface area contributed by atoms with Crippen LogP contribution in [0.3, 0.4) is 0 Å². The molecule has 1 heterocycles. The number of halogens is 1. The van der Waals surface area contributed by atoms with E-state index in [-0.39, 0.29) is 18.2 Å². The second-order valence-corrected chi connectivity index (χ2v) is 6.70. The van der Waals surface area contributed by atoms with Crippen LogP contribution in [0.4, 0.5) is 0 Å². The molecule has 0 aliphatic carbocycles. The van der Waals surface area contributed by atoms with Gasteiger partial charge in [0.1, 0.15) is 0 Å². The lowest BCUT2D eigenvalue weighted by atomic mass is 10.1. The normalized spacial score (nSPS) is 17.0. The monoisotopic (exact) mass is 362 g/mol. The zero-order chi connectivity index (χ0) is 14.8. The summed E-state index contributed by atoms with van der Waals surface area (Å²) in [5, 5.41) is 0. The summed E-state index contributed by atoms with van der Waals surface area (Å²) in [7, 11) is 0. The van der Waals surface area contributed by atoms with Crippen LogP contribution < -0.4 is 0 Å². The Morgan fingerprint density at radius 3 is 2.62 bits per heavy atom. The summed E-state index contributed by atoms with van der Waals surface area (Å²) in [5.41, 5.74) is 0.715. The lowest BCUT2D eigenvalue weighted by Gasteiger charge is -2.23. The van der Waals surface area contributed by atoms with E-state index < -0.39 is 5.44 Å². The number of ketones is 1. The molecule has 1 aliphatic heterocycles. The molecule has 0 radical (unpaired) electrons. The van der Waals surface area contributed by atoms with Crippen molar-refractivity contribution in [2.24, 2.45) is 0 Å². The minimum atomic E-state index is -0.469. The van der Waals surface area contributed by atoms with Crippen molar-refractivity contribution in [2.45, 2.75) is 16.8 Å². The van der Waals surface area contributed by atoms with E-state index in [1.807, 2.05) is 24.3 Å². The van der Waals surface area contributed by atoms with Gasteiger partial charge in [-0.2, -0.15) is 0 Å². The molecule has 1 aliphatic rings. The number of thioether (sulfide) groups is 1. The predicted octanol–water partition coefficient (Wildman–Crippen LogP) is 4.31. The SMILES string of the molecule is O=C(CC1OC(=O)c2ccccc2S1)c1ccc(Br)cc1. The maximum Gasteiger partial charge on any atom is 0.340 e. The van der Waals surface area contributed by atoms with Gasteiger partial charge in [-0.3, -0.25) is 4.79 Å². The third-order valence-corrected chi connectivity index (χ3v) is 4.79. The van der Waals surface area contributed by atoms with Crippen molar-refractivity contribution in [3.8, 4) is 0 Å². The van der Waals surface area contributed by atoms with Gasteiger partial charge in [0.25, 0.3) is 0 Å². The number of ether oxygens (including phenoxy) is 1. The van der Waals surface area contributed by atoms with Crippen LogP contribution in [0, 0.1) is 0 Å². The summed E-state index contributed by atoms with van der Waals surface area (Å²) in [6.07, 6.45) is 0.173. The molecule has 5 heteroatoms. The molecule has 106 valence electrons. The lowest BCUT2D eigenvalue weighted by molar-refractivity contribution is 0.0428. The molecule has 3 rings (SSSR count). The maximum atomic E-state index is 12.2. The molecule has 0 aromatic heterocycles. The smallest absolute Gasteiger partial charge is 0.340 e. The Hall–Kier alpha value is -1.59. The first-order valence-corrected chi connectivity index (χ1v) is 8.06. The summed E-state index contributed by atoms with van der Waals surface area (Å²) in [6.45, 7) is 0. The van der Waals surface area contributed by atoms with Crippen LogP contribution in [0.1, 0.15) is 27.1 Å². The van der Waals surface area contributed by atoms with Gasteiger partial charge in [0.15, 0.2) is 11.2 Å². The van der Waals surface area contributed by atoms with Gasteiger partial charge in [-0.25, -0.2) is 4.79 Å². The van der Waals surface area contributed by atoms with Crippen LogP contribution >= 0.6 is 27.7 Å². The first-order chi connectivity index (χ1) is 10.1. The fourth-order valence-corrected chi connectivity index (χ4v) is 3.43. The van der Waals surface area contributed by atoms with Crippen molar-refractivity contribution < 1.29 is 14.3 Å². The van der Waals surface area contributed by atoms with E-state index in [4.69, 9.17) is 4.74 Å². The van der Waals surface area contributed by atoms with E-state index in [0.29, 0.717) is 11.1 Å². The Morgan fingerprint density at radius 2 is 1.86 bits per heavy atom. The van der Waals surface area contributed by atoms with Gasteiger partial charge in [-0.05, 0) is 24.3 Å². The average molecular weight is 363 g/mol. The van der Waals surface area contributed by atoms with Gasteiger partial charge in [0.2, 0.25) is 0 Å². The Labute approximate surface area is 134 Å². The lowest BCUT2D eigenvalue weighted by Crippen LogP contribution is -2.23. The fourth-order valence-electron chi connectivity index (χ4n) is 2.07. The summed E-state index contributed by atoms with van der Waals surface area (Å²) in [6, 6.07) is 14.4. The number of carbonyl (C=O) groups excluding carboxylic acids is 2. The molecule has 21 heavy (non-hydrogen) atoms. The number of carbonyl (C=O) groups is 2. The third-order valence-electron chi connectivity index (χ3n) is 3.12. The van der Waals surface area contributed by atoms with Crippen molar-refractivity contribution in [2.75, 3.05) is 0 Å². The number of cyclic esters (lactones) is 1. The van der Waals surface area contributed by atoms with Gasteiger partial charge in [0.05, 0.1) is 12.0 Å². The molecular formula is C16H11BrO3S. The topological polar surface area (TPSA) is 43.4 Å². The van der Waals surface area contributed by atoms with E-state index in [1.165, 1.54) is 11.8 Å². The second-order valence-electron chi connectivity index (χ2n) is 4.58. The van der Waals surface area contributed by atoms with Gasteiger partial charge in [0, 0.05) is 14.9 Å². The summed E-state index contributed by atoms with van der Waals surface area (Å²) >= 11 is 4.75. The molecule has 0 fully saturated rings. The number of esters is 1. The number of rotatable bonds is 3. The predicted molar refractivity (Wildman–Crippen MR) is 84.6 cm³/mol. The molecule has 0 saturated heterocycles. The van der Waals surface area contributed by atoms with Crippen LogP contribution in [-0.2, 0) is 4.74 Å². The highest BCUT2D eigenvalue weighted by Crippen LogP contribution is 2.35. The zero-order valence-corrected chi connectivity index (χ0v) is 13.3. The van der Waals surface area contributed by atoms with Gasteiger partial charge in [-0.1, -0.05) is 52.0 Å². The fraction of sp³-hybridized carbons (Fsp3) is 0.125. The van der Waals surface area contributed by atoms with E-state index in [9.17, 15) is 9.59 Å². The van der Waals surface area contributed by atoms with E-state index >= 15 is 0 Å². The standard InChI is InChI=1S/C16H11BrO3S/c17-11-7-5-10(6-8-11)13(18)9-15-20-16(19)12-3-1-2-4-14(12)21-15/h1-8,15H,9H2. The third kappa shape index (κ3) is 3.19. The number of fused-ring (bicyclic) bond motifs is 1. The summed E-state index contributed by atoms with van der Waals surface area (Å²) in [4.78, 5) is 25.0. The minimum Gasteiger partial charge on any atom is -0.447 e. The van der Waals surface area contributed by atoms with Crippen molar-refractivity contribution in [3.05, 3.63) is 64.1 Å². The zero-order valence-electron chi connectivity index (χ0n) is 10.9. The molecular weight excluding hydrogens is 352 g/mol. The van der Waals surface area contributed by atoms with Crippen LogP contribution in [0.2, 0.25) is 0 Å². The highest BCUT2D eigenvalue weighted by molar-refractivity contribution is 9.10. The van der Waals surface area contributed by atoms with Gasteiger partial charge < -0.3 is 4.74 Å². The van der Waals surface area contributed by atoms with Crippen molar-refractivity contribution >= 4 is 39.4 Å². The van der Waals surface area contributed by atoms with E-state index in [0.717, 1.165) is 9.37 Å². The van der Waals surface area contributed by atoms with Gasteiger partial charge in [-0.15, -0.1) is 0 Å². The summed E-state index contributed by atoms with van der Waals surface area (Å²) in [5.74, 6) is -0.398. The Balaban J connectivity index is 1.73. The summed E-state index contributed by atoms with van der Waals surface area (Å²) < 4.78 is 6.25. The van der Waals surface area contributed by atoms with Crippen molar-refractivity contribution in [1.29, 1.82) is 0 Å². The Bertz CT molecular complexity index is 697. The molecule has 2 aromatic carbocycles. The van der Waals surface area contributed by atoms with Crippen LogP contribution in [0.25, 0.3) is 0 Å². The molecule has 1 atom stereocenters. The maximum absolute atomic E-state index is 12.2. The molecule has 3 nitrogen and oxygen atoms in total. The molecule has 1 unspecified atom stereocenters. The van der Waals surface area contributed by atoms with Crippen LogP contribution in [0.5, 0.6) is 0 Å². The molecule has 2 aromatic rings. The second kappa shape index (κ2) is 6.03. The van der Waals surface area contributed by atoms with Crippen LogP contribution in [0.15, 0.2) is 57.9 Å². The highest BCUT2D eigenvalue weighted by atomic mass is 79.9. The largest absolute Gasteiger partial charge is 0.447 e. The number of hydrogen-bond acceptors (Lipinski definition) is 4. The molecule has 0 amide bonds. The first-order valence-electron chi connectivity index (χ1n) is 6.39. The quantitative estimate of drug-likeness (QED) is 0.602. The van der Waals surface area contributed by atoms with Crippen LogP contribution in [-0.4, -0.2) is 17.2 Å². The average Bonchev–Trinajstić information content (AvgIpc) is 2.48. The number of benzene rings is 2. The molecule has 0 bridgehead atoms. The number of Topliss-reactive ketones (excluding diaryl/α,β-unsaturated/α-hetero) is 1. The van der Waals surface area contributed by atoms with E-state index in [1.54, 1.807) is 24.3 Å². The van der Waals surface area contributed by atoms with Crippen molar-refractivity contribution in [1.82, 2.24) is 0 Å². The first kappa shape index (κ1) is 14.4. The van der Waals surface area contributed by atoms with Gasteiger partial charge >= 0.3 is 5.97 Å². The molecule has 0 saturated carbocycles. The van der Waals surface area contributed by atoms with E-state index in [2.05, 4.69) is 15.9 Å².